The number of hydrogen-bond donors (Lipinski definition) is 4. The number of hydrogen-bond acceptors (Lipinski definition) is 10. The Morgan fingerprint density at radius 3 is 2.40 bits per heavy atom. The van der Waals surface area contributed by atoms with E-state index in [4.69, 9.17) is 9.47 Å². The third kappa shape index (κ3) is 5.77. The van der Waals surface area contributed by atoms with Crippen LogP contribution in [-0.4, -0.2) is 37.1 Å². The van der Waals surface area contributed by atoms with Crippen molar-refractivity contribution in [1.82, 2.24) is 4.98 Å². The Bertz CT molecular complexity index is 1710. The van der Waals surface area contributed by atoms with Gasteiger partial charge in [0.25, 0.3) is 10.9 Å². The number of phenols is 1. The lowest BCUT2D eigenvalue weighted by molar-refractivity contribution is 0.112. The predicted molar refractivity (Wildman–Crippen MR) is 155 cm³/mol. The zero-order valence-corrected chi connectivity index (χ0v) is 21.9. The van der Waals surface area contributed by atoms with E-state index in [0.717, 1.165) is 5.56 Å². The Labute approximate surface area is 229 Å². The largest absolute Gasteiger partial charge is 0.506 e. The van der Waals surface area contributed by atoms with Crippen LogP contribution in [-0.2, 0) is 6.42 Å². The number of carbonyl (C=O) groups is 1. The molecule has 1 heterocycles. The fourth-order valence-electron chi connectivity index (χ4n) is 4.12. The third-order valence-electron chi connectivity index (χ3n) is 6.11. The summed E-state index contributed by atoms with van der Waals surface area (Å²) >= 11 is 0. The molecule has 0 saturated heterocycles. The van der Waals surface area contributed by atoms with Gasteiger partial charge in [-0.25, -0.2) is 0 Å². The number of nitrogens with two attached hydrogens (primary N) is 1. The second-order valence-electron chi connectivity index (χ2n) is 8.51. The van der Waals surface area contributed by atoms with Crippen molar-refractivity contribution < 1.29 is 19.4 Å². The summed E-state index contributed by atoms with van der Waals surface area (Å²) in [5, 5.41) is 17.1. The Balaban J connectivity index is 0.00000181. The topological polar surface area (TPSA) is 153 Å². The Morgan fingerprint density at radius 2 is 1.70 bits per heavy atom. The molecule has 5 aromatic rings. The quantitative estimate of drug-likeness (QED) is 0.116. The van der Waals surface area contributed by atoms with E-state index in [1.54, 1.807) is 36.5 Å². The molecule has 0 atom stereocenters. The molecular formula is C30H28N4O6. The second kappa shape index (κ2) is 12.5. The van der Waals surface area contributed by atoms with Crippen LogP contribution in [0.2, 0.25) is 0 Å². The summed E-state index contributed by atoms with van der Waals surface area (Å²) in [5.74, 6) is 0.959. The number of pyridine rings is 1. The van der Waals surface area contributed by atoms with Gasteiger partial charge in [0, 0.05) is 30.3 Å². The molecule has 0 saturated carbocycles. The number of nitrogens with zero attached hydrogens (tertiary/aromatic N) is 1. The number of nitrogens with one attached hydrogen (secondary N) is 2. The van der Waals surface area contributed by atoms with Crippen LogP contribution in [0.25, 0.3) is 10.9 Å². The third-order valence-corrected chi connectivity index (χ3v) is 6.11. The summed E-state index contributed by atoms with van der Waals surface area (Å²) in [6.07, 6.45) is 2.93. The van der Waals surface area contributed by atoms with Crippen molar-refractivity contribution in [3.05, 3.63) is 105 Å². The van der Waals surface area contributed by atoms with Gasteiger partial charge < -0.3 is 30.9 Å². The number of rotatable bonds is 10. The molecule has 5 rings (SSSR count). The number of benzene rings is 3. The molecule has 10 nitrogen and oxygen atoms in total. The van der Waals surface area contributed by atoms with Crippen LogP contribution < -0.4 is 36.7 Å². The van der Waals surface area contributed by atoms with Crippen molar-refractivity contribution in [2.45, 2.75) is 6.42 Å². The average molecular weight is 541 g/mol. The van der Waals surface area contributed by atoms with Gasteiger partial charge >= 0.3 is 0 Å². The zero-order chi connectivity index (χ0) is 28.6. The minimum Gasteiger partial charge on any atom is -0.506 e. The Hall–Kier alpha value is -5.22. The van der Waals surface area contributed by atoms with Gasteiger partial charge in [0.15, 0.2) is 6.29 Å². The van der Waals surface area contributed by atoms with Gasteiger partial charge in [-0.3, -0.25) is 19.4 Å². The average Bonchev–Trinajstić information content (AvgIpc) is 3.00. The van der Waals surface area contributed by atoms with Gasteiger partial charge in [-0.05, 0) is 43.3 Å². The van der Waals surface area contributed by atoms with Crippen LogP contribution >= 0.6 is 0 Å². The summed E-state index contributed by atoms with van der Waals surface area (Å²) in [5.41, 5.74) is 5.79. The lowest BCUT2D eigenvalue weighted by atomic mass is 10.1. The Kier molecular flexibility index (Phi) is 8.72. The number of anilines is 3. The molecule has 0 spiro atoms. The second-order valence-corrected chi connectivity index (χ2v) is 8.51. The number of carbonyl (C=O) groups excluding carboxylic acids is 1. The van der Waals surface area contributed by atoms with E-state index < -0.39 is 10.9 Å². The minimum atomic E-state index is -0.656. The van der Waals surface area contributed by atoms with Crippen molar-refractivity contribution in [3.63, 3.8) is 0 Å². The van der Waals surface area contributed by atoms with E-state index in [1.165, 1.54) is 20.2 Å². The molecular weight excluding hydrogens is 512 g/mol. The van der Waals surface area contributed by atoms with Crippen molar-refractivity contribution >= 4 is 34.3 Å². The molecule has 10 heteroatoms. The van der Waals surface area contributed by atoms with E-state index in [1.807, 2.05) is 30.3 Å². The predicted octanol–water partition coefficient (Wildman–Crippen LogP) is 4.12. The molecule has 0 fully saturated rings. The summed E-state index contributed by atoms with van der Waals surface area (Å²) in [6, 6.07) is 19.2. The van der Waals surface area contributed by atoms with Crippen LogP contribution in [0.4, 0.5) is 17.1 Å². The number of methoxy groups -OCH3 is 1. The number of ether oxygens (including phenoxy) is 2. The number of aromatic nitrogens is 1. The Morgan fingerprint density at radius 1 is 0.950 bits per heavy atom. The van der Waals surface area contributed by atoms with Gasteiger partial charge in [0.1, 0.15) is 34.4 Å². The maximum Gasteiger partial charge on any atom is 0.253 e. The fraction of sp³-hybridized carbons (Fsp3) is 0.133. The number of fused-ring (bicyclic) bond motifs is 1. The number of aldehydes is 1. The molecule has 0 amide bonds. The van der Waals surface area contributed by atoms with E-state index in [2.05, 4.69) is 21.4 Å². The van der Waals surface area contributed by atoms with E-state index in [-0.39, 0.29) is 22.8 Å². The molecule has 0 radical (unpaired) electrons. The van der Waals surface area contributed by atoms with Gasteiger partial charge in [0.05, 0.1) is 23.9 Å². The van der Waals surface area contributed by atoms with Crippen molar-refractivity contribution in [1.29, 1.82) is 0 Å². The van der Waals surface area contributed by atoms with Crippen LogP contribution in [0, 0.1) is 0 Å². The first-order chi connectivity index (χ1) is 19.5. The van der Waals surface area contributed by atoms with Crippen molar-refractivity contribution in [2.75, 3.05) is 31.3 Å². The van der Waals surface area contributed by atoms with Gasteiger partial charge in [-0.15, -0.1) is 0 Å². The van der Waals surface area contributed by atoms with Crippen LogP contribution in [0.1, 0.15) is 15.9 Å². The lowest BCUT2D eigenvalue weighted by Gasteiger charge is -2.16. The highest BCUT2D eigenvalue weighted by molar-refractivity contribution is 5.93. The van der Waals surface area contributed by atoms with Crippen molar-refractivity contribution in [2.24, 2.45) is 5.73 Å². The standard InChI is InChI=1S/C29H23N3O6.CH5N/c1-37-25-15-22-20(13-18(25)16-33)24(10-12-30-22)38-19-7-8-21(23(34)14-19)32-27-26(28(35)29(27)36)31-11-9-17-5-3-2-4-6-17;1-2/h2-8,10,12-16,31-32,34H,9,11H2,1H3;2H2,1H3. The first-order valence-corrected chi connectivity index (χ1v) is 12.4. The van der Waals surface area contributed by atoms with E-state index in [0.29, 0.717) is 53.0 Å². The molecule has 40 heavy (non-hydrogen) atoms. The molecule has 0 bridgehead atoms. The normalized spacial score (nSPS) is 10.5. The fourth-order valence-corrected chi connectivity index (χ4v) is 4.12. The van der Waals surface area contributed by atoms with E-state index >= 15 is 0 Å². The molecule has 0 unspecified atom stereocenters. The van der Waals surface area contributed by atoms with Gasteiger partial charge in [-0.2, -0.15) is 0 Å². The summed E-state index contributed by atoms with van der Waals surface area (Å²) < 4.78 is 11.2. The maximum absolute atomic E-state index is 12.2. The van der Waals surface area contributed by atoms with Gasteiger partial charge in [-0.1, -0.05) is 30.3 Å². The lowest BCUT2D eigenvalue weighted by Crippen LogP contribution is -2.37. The van der Waals surface area contributed by atoms with Gasteiger partial charge in [0.2, 0.25) is 0 Å². The molecule has 5 N–H and O–H groups in total. The smallest absolute Gasteiger partial charge is 0.253 e. The molecule has 0 aliphatic rings. The van der Waals surface area contributed by atoms with Crippen molar-refractivity contribution in [3.8, 4) is 23.0 Å². The summed E-state index contributed by atoms with van der Waals surface area (Å²) in [7, 11) is 2.97. The number of phenolic OH excluding ortho intramolecular Hbond substituents is 1. The molecule has 4 aromatic carbocycles. The highest BCUT2D eigenvalue weighted by Crippen LogP contribution is 2.36. The molecule has 0 aliphatic carbocycles. The summed E-state index contributed by atoms with van der Waals surface area (Å²) in [6.45, 7) is 0.472. The van der Waals surface area contributed by atoms with Crippen LogP contribution in [0.15, 0.2) is 82.5 Å². The molecule has 0 aliphatic heterocycles. The van der Waals surface area contributed by atoms with E-state index in [9.17, 15) is 19.5 Å². The highest BCUT2D eigenvalue weighted by atomic mass is 16.5. The maximum atomic E-state index is 12.2. The minimum absolute atomic E-state index is 0.0995. The van der Waals surface area contributed by atoms with Crippen LogP contribution in [0.3, 0.4) is 0 Å². The zero-order valence-electron chi connectivity index (χ0n) is 21.9. The summed E-state index contributed by atoms with van der Waals surface area (Å²) in [4.78, 5) is 40.1. The number of aromatic hydroxyl groups is 1. The molecule has 1 aromatic heterocycles. The molecule has 204 valence electrons. The van der Waals surface area contributed by atoms with Crippen LogP contribution in [0.5, 0.6) is 23.0 Å². The SMILES string of the molecule is CN.COc1cc2nccc(Oc3ccc(Nc4c(NCCc5ccccc5)c(=O)c4=O)c(O)c3)c2cc1C=O. The highest BCUT2D eigenvalue weighted by Gasteiger charge is 2.22. The monoisotopic (exact) mass is 540 g/mol. The first kappa shape index (κ1) is 27.8. The first-order valence-electron chi connectivity index (χ1n) is 12.4.